The predicted molar refractivity (Wildman–Crippen MR) is 45.0 cm³/mol. The highest BCUT2D eigenvalue weighted by Gasteiger charge is 2.13. The molecular formula is C9H17N. The molecule has 1 heterocycles. The summed E-state index contributed by atoms with van der Waals surface area (Å²) in [5.74, 6) is 0.711. The van der Waals surface area contributed by atoms with Crippen molar-refractivity contribution in [3.05, 3.63) is 11.6 Å². The Hall–Kier alpha value is -0.300. The first-order valence-corrected chi connectivity index (χ1v) is 4.15. The van der Waals surface area contributed by atoms with Crippen molar-refractivity contribution in [2.75, 3.05) is 6.54 Å². The summed E-state index contributed by atoms with van der Waals surface area (Å²) in [6.45, 7) is 7.91. The topological polar surface area (TPSA) is 12.0 Å². The average molecular weight is 139 g/mol. The molecule has 1 aliphatic rings. The van der Waals surface area contributed by atoms with Gasteiger partial charge >= 0.3 is 0 Å². The normalized spacial score (nSPS) is 26.8. The second kappa shape index (κ2) is 3.20. The van der Waals surface area contributed by atoms with Crippen LogP contribution in [-0.2, 0) is 0 Å². The zero-order valence-electron chi connectivity index (χ0n) is 7.15. The molecule has 1 aliphatic heterocycles. The Morgan fingerprint density at radius 3 is 2.70 bits per heavy atom. The van der Waals surface area contributed by atoms with E-state index in [0.717, 1.165) is 6.54 Å². The number of rotatable bonds is 1. The van der Waals surface area contributed by atoms with E-state index in [1.54, 1.807) is 5.57 Å². The predicted octanol–water partition coefficient (Wildman–Crippen LogP) is 1.95. The summed E-state index contributed by atoms with van der Waals surface area (Å²) in [5, 5.41) is 3.45. The smallest absolute Gasteiger partial charge is 0.0253 e. The van der Waals surface area contributed by atoms with Gasteiger partial charge in [-0.1, -0.05) is 25.5 Å². The third-order valence-electron chi connectivity index (χ3n) is 2.14. The van der Waals surface area contributed by atoms with Gasteiger partial charge in [0.25, 0.3) is 0 Å². The van der Waals surface area contributed by atoms with Gasteiger partial charge in [-0.2, -0.15) is 0 Å². The Bertz CT molecular complexity index is 136. The standard InChI is InChI=1S/C9H17N/c1-7(2)9-5-4-6-10-8(9)3/h5,7-8,10H,4,6H2,1-3H3/t8-/m0/s1. The molecule has 0 unspecified atom stereocenters. The molecule has 1 N–H and O–H groups in total. The first kappa shape index (κ1) is 7.80. The van der Waals surface area contributed by atoms with Crippen LogP contribution in [0.25, 0.3) is 0 Å². The van der Waals surface area contributed by atoms with E-state index in [9.17, 15) is 0 Å². The highest BCUT2D eigenvalue weighted by molar-refractivity contribution is 5.14. The zero-order valence-corrected chi connectivity index (χ0v) is 7.15. The largest absolute Gasteiger partial charge is 0.310 e. The molecule has 1 rings (SSSR count). The quantitative estimate of drug-likeness (QED) is 0.547. The van der Waals surface area contributed by atoms with Gasteiger partial charge in [-0.05, 0) is 25.8 Å². The molecule has 10 heavy (non-hydrogen) atoms. The van der Waals surface area contributed by atoms with Crippen LogP contribution in [0.5, 0.6) is 0 Å². The first-order chi connectivity index (χ1) is 4.72. The minimum Gasteiger partial charge on any atom is -0.310 e. The van der Waals surface area contributed by atoms with E-state index in [1.807, 2.05) is 0 Å². The van der Waals surface area contributed by atoms with E-state index >= 15 is 0 Å². The van der Waals surface area contributed by atoms with Gasteiger partial charge in [-0.15, -0.1) is 0 Å². The highest BCUT2D eigenvalue weighted by Crippen LogP contribution is 2.17. The molecule has 0 aromatic carbocycles. The lowest BCUT2D eigenvalue weighted by Gasteiger charge is -2.24. The summed E-state index contributed by atoms with van der Waals surface area (Å²) in [6.07, 6.45) is 3.59. The van der Waals surface area contributed by atoms with Crippen molar-refractivity contribution in [3.8, 4) is 0 Å². The minimum atomic E-state index is 0.605. The molecule has 1 atom stereocenters. The van der Waals surface area contributed by atoms with Crippen LogP contribution < -0.4 is 5.32 Å². The van der Waals surface area contributed by atoms with Crippen molar-refractivity contribution in [1.29, 1.82) is 0 Å². The molecule has 0 aliphatic carbocycles. The van der Waals surface area contributed by atoms with Crippen LogP contribution in [0.4, 0.5) is 0 Å². The number of hydrogen-bond donors (Lipinski definition) is 1. The van der Waals surface area contributed by atoms with Crippen molar-refractivity contribution in [1.82, 2.24) is 5.32 Å². The Balaban J connectivity index is 2.61. The van der Waals surface area contributed by atoms with E-state index in [4.69, 9.17) is 0 Å². The molecule has 0 bridgehead atoms. The van der Waals surface area contributed by atoms with Gasteiger partial charge in [-0.25, -0.2) is 0 Å². The third kappa shape index (κ3) is 1.60. The van der Waals surface area contributed by atoms with E-state index < -0.39 is 0 Å². The molecule has 0 aromatic heterocycles. The van der Waals surface area contributed by atoms with E-state index in [0.29, 0.717) is 12.0 Å². The molecule has 0 amide bonds. The third-order valence-corrected chi connectivity index (χ3v) is 2.14. The maximum Gasteiger partial charge on any atom is 0.0253 e. The van der Waals surface area contributed by atoms with Crippen LogP contribution in [0.1, 0.15) is 27.2 Å². The van der Waals surface area contributed by atoms with Crippen LogP contribution in [0.3, 0.4) is 0 Å². The fraction of sp³-hybridized carbons (Fsp3) is 0.778. The molecule has 58 valence electrons. The molecule has 0 aromatic rings. The molecular weight excluding hydrogens is 122 g/mol. The summed E-state index contributed by atoms with van der Waals surface area (Å²) in [7, 11) is 0. The van der Waals surface area contributed by atoms with Crippen LogP contribution in [-0.4, -0.2) is 12.6 Å². The fourth-order valence-corrected chi connectivity index (χ4v) is 1.57. The minimum absolute atomic E-state index is 0.605. The Morgan fingerprint density at radius 1 is 1.60 bits per heavy atom. The van der Waals surface area contributed by atoms with Crippen LogP contribution in [0, 0.1) is 5.92 Å². The number of hydrogen-bond acceptors (Lipinski definition) is 1. The van der Waals surface area contributed by atoms with Crippen molar-refractivity contribution < 1.29 is 0 Å². The van der Waals surface area contributed by atoms with Gasteiger partial charge in [0.2, 0.25) is 0 Å². The molecule has 0 saturated carbocycles. The lowest BCUT2D eigenvalue weighted by atomic mass is 9.93. The van der Waals surface area contributed by atoms with Crippen molar-refractivity contribution >= 4 is 0 Å². The summed E-state index contributed by atoms with van der Waals surface area (Å²) in [6, 6.07) is 0.605. The Kier molecular flexibility index (Phi) is 2.50. The first-order valence-electron chi connectivity index (χ1n) is 4.15. The van der Waals surface area contributed by atoms with Gasteiger partial charge in [-0.3, -0.25) is 0 Å². The monoisotopic (exact) mass is 139 g/mol. The van der Waals surface area contributed by atoms with Crippen molar-refractivity contribution in [2.45, 2.75) is 33.2 Å². The SMILES string of the molecule is CC(C)C1=CCCN[C@H]1C. The molecule has 0 spiro atoms. The average Bonchev–Trinajstić information content (AvgIpc) is 1.88. The second-order valence-corrected chi connectivity index (χ2v) is 3.32. The summed E-state index contributed by atoms with van der Waals surface area (Å²) < 4.78 is 0. The van der Waals surface area contributed by atoms with Gasteiger partial charge in [0.15, 0.2) is 0 Å². The van der Waals surface area contributed by atoms with Crippen LogP contribution >= 0.6 is 0 Å². The van der Waals surface area contributed by atoms with Crippen LogP contribution in [0.15, 0.2) is 11.6 Å². The van der Waals surface area contributed by atoms with E-state index in [1.165, 1.54) is 6.42 Å². The maximum absolute atomic E-state index is 3.45. The van der Waals surface area contributed by atoms with Gasteiger partial charge in [0.05, 0.1) is 0 Å². The van der Waals surface area contributed by atoms with Gasteiger partial charge in [0.1, 0.15) is 0 Å². The van der Waals surface area contributed by atoms with E-state index in [2.05, 4.69) is 32.2 Å². The van der Waals surface area contributed by atoms with Crippen LogP contribution in [0.2, 0.25) is 0 Å². The molecule has 1 heteroatoms. The highest BCUT2D eigenvalue weighted by atomic mass is 14.9. The molecule has 0 radical (unpaired) electrons. The van der Waals surface area contributed by atoms with Crippen molar-refractivity contribution in [3.63, 3.8) is 0 Å². The lowest BCUT2D eigenvalue weighted by molar-refractivity contribution is 0.530. The van der Waals surface area contributed by atoms with Crippen molar-refractivity contribution in [2.24, 2.45) is 5.92 Å². The summed E-state index contributed by atoms with van der Waals surface area (Å²) in [5.41, 5.74) is 1.58. The lowest BCUT2D eigenvalue weighted by Crippen LogP contribution is -2.33. The maximum atomic E-state index is 3.45. The second-order valence-electron chi connectivity index (χ2n) is 3.32. The fourth-order valence-electron chi connectivity index (χ4n) is 1.57. The Morgan fingerprint density at radius 2 is 2.30 bits per heavy atom. The van der Waals surface area contributed by atoms with E-state index in [-0.39, 0.29) is 0 Å². The summed E-state index contributed by atoms with van der Waals surface area (Å²) >= 11 is 0. The van der Waals surface area contributed by atoms with Gasteiger partial charge in [0, 0.05) is 6.04 Å². The number of nitrogens with one attached hydrogen (secondary N) is 1. The molecule has 0 saturated heterocycles. The zero-order chi connectivity index (χ0) is 7.56. The van der Waals surface area contributed by atoms with Gasteiger partial charge < -0.3 is 5.32 Å². The summed E-state index contributed by atoms with van der Waals surface area (Å²) in [4.78, 5) is 0. The molecule has 1 nitrogen and oxygen atoms in total. The molecule has 0 fully saturated rings. The Labute approximate surface area is 63.5 Å².